The van der Waals surface area contributed by atoms with E-state index in [2.05, 4.69) is 45.2 Å². The standard InChI is InChI=1S/C16H16BrFN2/c1-11-9-19-15-4-2-3-5-16(15)20(11)10-12-6-7-13(17)8-14(12)18/h2-8,11,19H,9-10H2,1H3. The third kappa shape index (κ3) is 2.52. The predicted octanol–water partition coefficient (Wildman–Crippen LogP) is 4.41. The molecule has 4 heteroatoms. The molecule has 0 amide bonds. The molecule has 104 valence electrons. The Kier molecular flexibility index (Phi) is 3.66. The summed E-state index contributed by atoms with van der Waals surface area (Å²) >= 11 is 3.30. The molecule has 0 bridgehead atoms. The Bertz CT molecular complexity index is 630. The van der Waals surface area contributed by atoms with E-state index in [1.54, 1.807) is 0 Å². The highest BCUT2D eigenvalue weighted by molar-refractivity contribution is 9.10. The van der Waals surface area contributed by atoms with Crippen molar-refractivity contribution in [1.29, 1.82) is 0 Å². The van der Waals surface area contributed by atoms with Gasteiger partial charge < -0.3 is 10.2 Å². The number of benzene rings is 2. The van der Waals surface area contributed by atoms with Gasteiger partial charge in [-0.2, -0.15) is 0 Å². The summed E-state index contributed by atoms with van der Waals surface area (Å²) in [4.78, 5) is 2.25. The molecule has 3 rings (SSSR count). The number of nitrogens with zero attached hydrogens (tertiary/aromatic N) is 1. The quantitative estimate of drug-likeness (QED) is 0.875. The number of hydrogen-bond donors (Lipinski definition) is 1. The lowest BCUT2D eigenvalue weighted by Gasteiger charge is -2.37. The second kappa shape index (κ2) is 5.44. The molecular formula is C16H16BrFN2. The van der Waals surface area contributed by atoms with Gasteiger partial charge in [-0.15, -0.1) is 0 Å². The van der Waals surface area contributed by atoms with Crippen molar-refractivity contribution in [3.8, 4) is 0 Å². The molecule has 0 saturated carbocycles. The zero-order chi connectivity index (χ0) is 14.1. The van der Waals surface area contributed by atoms with Gasteiger partial charge in [0.15, 0.2) is 0 Å². The number of nitrogens with one attached hydrogen (secondary N) is 1. The van der Waals surface area contributed by atoms with Crippen molar-refractivity contribution in [3.63, 3.8) is 0 Å². The van der Waals surface area contributed by atoms with Gasteiger partial charge in [0.25, 0.3) is 0 Å². The summed E-state index contributed by atoms with van der Waals surface area (Å²) in [6, 6.07) is 13.8. The summed E-state index contributed by atoms with van der Waals surface area (Å²) in [6.45, 7) is 3.60. The van der Waals surface area contributed by atoms with Crippen molar-refractivity contribution in [2.24, 2.45) is 0 Å². The molecule has 2 aromatic carbocycles. The summed E-state index contributed by atoms with van der Waals surface area (Å²) in [5, 5.41) is 3.41. The molecule has 0 radical (unpaired) electrons. The number of hydrogen-bond acceptors (Lipinski definition) is 2. The highest BCUT2D eigenvalue weighted by Crippen LogP contribution is 2.32. The van der Waals surface area contributed by atoms with Gasteiger partial charge in [-0.3, -0.25) is 0 Å². The maximum absolute atomic E-state index is 14.0. The van der Waals surface area contributed by atoms with Gasteiger partial charge in [0.05, 0.1) is 11.4 Å². The molecule has 1 heterocycles. The van der Waals surface area contributed by atoms with E-state index in [9.17, 15) is 4.39 Å². The Morgan fingerprint density at radius 1 is 1.30 bits per heavy atom. The molecule has 0 spiro atoms. The lowest BCUT2D eigenvalue weighted by atomic mass is 10.1. The van der Waals surface area contributed by atoms with Crippen LogP contribution in [0, 0.1) is 5.82 Å². The van der Waals surface area contributed by atoms with Crippen LogP contribution >= 0.6 is 15.9 Å². The van der Waals surface area contributed by atoms with Gasteiger partial charge in [-0.05, 0) is 31.2 Å². The number of fused-ring (bicyclic) bond motifs is 1. The van der Waals surface area contributed by atoms with Gasteiger partial charge in [-0.1, -0.05) is 34.1 Å². The van der Waals surface area contributed by atoms with Crippen molar-refractivity contribution in [2.45, 2.75) is 19.5 Å². The van der Waals surface area contributed by atoms with Crippen LogP contribution in [0.1, 0.15) is 12.5 Å². The van der Waals surface area contributed by atoms with Gasteiger partial charge in [-0.25, -0.2) is 4.39 Å². The molecule has 1 aliphatic rings. The van der Waals surface area contributed by atoms with E-state index < -0.39 is 0 Å². The van der Waals surface area contributed by atoms with Crippen LogP contribution in [0.2, 0.25) is 0 Å². The molecule has 2 aromatic rings. The molecule has 2 nitrogen and oxygen atoms in total. The summed E-state index contributed by atoms with van der Waals surface area (Å²) in [5.41, 5.74) is 2.97. The Morgan fingerprint density at radius 3 is 2.90 bits per heavy atom. The molecule has 1 atom stereocenters. The van der Waals surface area contributed by atoms with Crippen LogP contribution in [-0.2, 0) is 6.54 Å². The van der Waals surface area contributed by atoms with Crippen molar-refractivity contribution in [3.05, 3.63) is 58.3 Å². The first-order valence-corrected chi connectivity index (χ1v) is 7.48. The SMILES string of the molecule is CC1CNc2ccccc2N1Cc1ccc(Br)cc1F. The van der Waals surface area contributed by atoms with Crippen LogP contribution in [-0.4, -0.2) is 12.6 Å². The van der Waals surface area contributed by atoms with Crippen LogP contribution in [0.5, 0.6) is 0 Å². The average molecular weight is 335 g/mol. The van der Waals surface area contributed by atoms with E-state index in [0.29, 0.717) is 12.6 Å². The smallest absolute Gasteiger partial charge is 0.129 e. The maximum Gasteiger partial charge on any atom is 0.129 e. The molecule has 1 aliphatic heterocycles. The van der Waals surface area contributed by atoms with Crippen molar-refractivity contribution in [1.82, 2.24) is 0 Å². The Labute approximate surface area is 126 Å². The first-order valence-electron chi connectivity index (χ1n) is 6.68. The van der Waals surface area contributed by atoms with E-state index in [4.69, 9.17) is 0 Å². The lowest BCUT2D eigenvalue weighted by Crippen LogP contribution is -2.41. The highest BCUT2D eigenvalue weighted by Gasteiger charge is 2.23. The molecule has 0 saturated heterocycles. The van der Waals surface area contributed by atoms with Crippen LogP contribution in [0.15, 0.2) is 46.9 Å². The molecule has 0 aromatic heterocycles. The number of halogens is 2. The molecule has 0 aliphatic carbocycles. The highest BCUT2D eigenvalue weighted by atomic mass is 79.9. The molecule has 1 N–H and O–H groups in total. The molecular weight excluding hydrogens is 319 g/mol. The van der Waals surface area contributed by atoms with E-state index >= 15 is 0 Å². The second-order valence-corrected chi connectivity index (χ2v) is 6.03. The maximum atomic E-state index is 14.0. The van der Waals surface area contributed by atoms with Gasteiger partial charge >= 0.3 is 0 Å². The van der Waals surface area contributed by atoms with Crippen molar-refractivity contribution in [2.75, 3.05) is 16.8 Å². The Morgan fingerprint density at radius 2 is 2.10 bits per heavy atom. The third-order valence-corrected chi connectivity index (χ3v) is 4.18. The summed E-state index contributed by atoms with van der Waals surface area (Å²) in [5.74, 6) is -0.164. The fraction of sp³-hybridized carbons (Fsp3) is 0.250. The summed E-state index contributed by atoms with van der Waals surface area (Å²) in [6.07, 6.45) is 0. The molecule has 1 unspecified atom stereocenters. The topological polar surface area (TPSA) is 15.3 Å². The summed E-state index contributed by atoms with van der Waals surface area (Å²) in [7, 11) is 0. The number of anilines is 2. The number of para-hydroxylation sites is 2. The largest absolute Gasteiger partial charge is 0.381 e. The fourth-order valence-corrected chi connectivity index (χ4v) is 2.89. The van der Waals surface area contributed by atoms with Crippen LogP contribution in [0.4, 0.5) is 15.8 Å². The monoisotopic (exact) mass is 334 g/mol. The van der Waals surface area contributed by atoms with E-state index in [0.717, 1.165) is 28.0 Å². The van der Waals surface area contributed by atoms with Crippen molar-refractivity contribution >= 4 is 27.3 Å². The minimum absolute atomic E-state index is 0.164. The van der Waals surface area contributed by atoms with Crippen molar-refractivity contribution < 1.29 is 4.39 Å². The fourth-order valence-electron chi connectivity index (χ4n) is 2.55. The van der Waals surface area contributed by atoms with Gasteiger partial charge in [0.1, 0.15) is 5.82 Å². The van der Waals surface area contributed by atoms with Crippen LogP contribution in [0.3, 0.4) is 0 Å². The second-order valence-electron chi connectivity index (χ2n) is 5.11. The first kappa shape index (κ1) is 13.4. The first-order chi connectivity index (χ1) is 9.65. The van der Waals surface area contributed by atoms with E-state index in [-0.39, 0.29) is 5.82 Å². The molecule has 20 heavy (non-hydrogen) atoms. The number of rotatable bonds is 2. The zero-order valence-electron chi connectivity index (χ0n) is 11.2. The Hall–Kier alpha value is -1.55. The lowest BCUT2D eigenvalue weighted by molar-refractivity contribution is 0.584. The Balaban J connectivity index is 1.93. The van der Waals surface area contributed by atoms with Crippen LogP contribution in [0.25, 0.3) is 0 Å². The van der Waals surface area contributed by atoms with E-state index in [1.165, 1.54) is 6.07 Å². The predicted molar refractivity (Wildman–Crippen MR) is 84.7 cm³/mol. The van der Waals surface area contributed by atoms with Gasteiger partial charge in [0, 0.05) is 29.2 Å². The van der Waals surface area contributed by atoms with Crippen LogP contribution < -0.4 is 10.2 Å². The van der Waals surface area contributed by atoms with Gasteiger partial charge in [0.2, 0.25) is 0 Å². The minimum atomic E-state index is -0.164. The minimum Gasteiger partial charge on any atom is -0.381 e. The zero-order valence-corrected chi connectivity index (χ0v) is 12.8. The summed E-state index contributed by atoms with van der Waals surface area (Å²) < 4.78 is 14.8. The average Bonchev–Trinajstić information content (AvgIpc) is 2.44. The molecule has 0 fully saturated rings. The third-order valence-electron chi connectivity index (χ3n) is 3.69. The normalized spacial score (nSPS) is 17.6. The van der Waals surface area contributed by atoms with E-state index in [1.807, 2.05) is 24.3 Å².